The van der Waals surface area contributed by atoms with Gasteiger partial charge in [-0.05, 0) is 0 Å². The highest BCUT2D eigenvalue weighted by molar-refractivity contribution is 5.73. The smallest absolute Gasteiger partial charge is 0.217 e. The molecule has 424 valence electrons. The van der Waals surface area contributed by atoms with Crippen LogP contribution in [0.1, 0.15) is 13.8 Å². The lowest BCUT2D eigenvalue weighted by Gasteiger charge is -2.50. The number of carbonyl (C=O) groups excluding carboxylic acids is 2. The molecule has 0 aliphatic carbocycles. The molecule has 2 amide bonds. The first kappa shape index (κ1) is 60.0. The number of aliphatic hydroxyl groups excluding tert-OH is 18. The van der Waals surface area contributed by atoms with Crippen molar-refractivity contribution in [1.29, 1.82) is 0 Å². The van der Waals surface area contributed by atoms with Crippen molar-refractivity contribution in [2.24, 2.45) is 0 Å². The molecular weight excluding hydrogens is 1000 g/mol. The Morgan fingerprint density at radius 3 is 1.27 bits per heavy atom. The van der Waals surface area contributed by atoms with Crippen LogP contribution in [-0.2, 0) is 61.7 Å². The van der Waals surface area contributed by atoms with E-state index in [-0.39, 0.29) is 0 Å². The third-order valence-electron chi connectivity index (χ3n) is 13.2. The first-order valence-electron chi connectivity index (χ1n) is 23.1. The molecule has 6 aliphatic heterocycles. The van der Waals surface area contributed by atoms with Crippen molar-refractivity contribution in [2.75, 3.05) is 39.6 Å². The van der Waals surface area contributed by atoms with Gasteiger partial charge in [-0.2, -0.15) is 0 Å². The lowest BCUT2D eigenvalue weighted by Crippen LogP contribution is -2.70. The summed E-state index contributed by atoms with van der Waals surface area (Å²) in [5, 5.41) is 197. The van der Waals surface area contributed by atoms with Crippen LogP contribution in [0.25, 0.3) is 0 Å². The molecular formula is C40H68N2O31. The van der Waals surface area contributed by atoms with Gasteiger partial charge in [-0.3, -0.25) is 9.59 Å². The number of amides is 2. The van der Waals surface area contributed by atoms with E-state index in [0.717, 1.165) is 13.8 Å². The van der Waals surface area contributed by atoms with Crippen LogP contribution in [-0.4, -0.2) is 327 Å². The first-order chi connectivity index (χ1) is 34.5. The third kappa shape index (κ3) is 13.0. The predicted molar refractivity (Wildman–Crippen MR) is 222 cm³/mol. The summed E-state index contributed by atoms with van der Waals surface area (Å²) in [5.74, 6) is -1.56. The maximum atomic E-state index is 12.6. The van der Waals surface area contributed by atoms with E-state index in [0.29, 0.717) is 0 Å². The minimum absolute atomic E-state index is 0.720. The van der Waals surface area contributed by atoms with Crippen molar-refractivity contribution in [3.05, 3.63) is 0 Å². The fourth-order valence-electron chi connectivity index (χ4n) is 9.20. The van der Waals surface area contributed by atoms with Crippen LogP contribution in [0.15, 0.2) is 0 Å². The van der Waals surface area contributed by atoms with Gasteiger partial charge < -0.3 is 155 Å². The maximum absolute atomic E-state index is 12.6. The quantitative estimate of drug-likeness (QED) is 0.0606. The van der Waals surface area contributed by atoms with Gasteiger partial charge in [-0.15, -0.1) is 0 Å². The maximum Gasteiger partial charge on any atom is 0.217 e. The van der Waals surface area contributed by atoms with Gasteiger partial charge in [0.15, 0.2) is 37.7 Å². The molecule has 6 rings (SSSR count). The van der Waals surface area contributed by atoms with E-state index in [1.54, 1.807) is 0 Å². The molecule has 0 aromatic rings. The van der Waals surface area contributed by atoms with Crippen molar-refractivity contribution in [3.8, 4) is 0 Å². The molecule has 20 N–H and O–H groups in total. The second-order valence-corrected chi connectivity index (χ2v) is 18.3. The molecule has 0 saturated carbocycles. The van der Waals surface area contributed by atoms with Gasteiger partial charge in [0, 0.05) is 13.8 Å². The Labute approximate surface area is 413 Å². The van der Waals surface area contributed by atoms with Crippen LogP contribution in [0.4, 0.5) is 0 Å². The molecule has 0 spiro atoms. The Kier molecular flexibility index (Phi) is 21.3. The fourth-order valence-corrected chi connectivity index (χ4v) is 9.20. The third-order valence-corrected chi connectivity index (χ3v) is 13.2. The summed E-state index contributed by atoms with van der Waals surface area (Å²) in [6, 6.07) is -3.31. The molecule has 6 aliphatic rings. The van der Waals surface area contributed by atoms with E-state index in [1.807, 2.05) is 0 Å². The second-order valence-electron chi connectivity index (χ2n) is 18.3. The molecule has 0 radical (unpaired) electrons. The number of carbonyl (C=O) groups is 2. The number of hydrogen-bond acceptors (Lipinski definition) is 31. The number of nitrogens with one attached hydrogen (secondary N) is 2. The zero-order valence-electron chi connectivity index (χ0n) is 38.9. The lowest BCUT2D eigenvalue weighted by molar-refractivity contribution is -0.398. The highest BCUT2D eigenvalue weighted by Gasteiger charge is 2.58. The van der Waals surface area contributed by atoms with E-state index in [9.17, 15) is 102 Å². The van der Waals surface area contributed by atoms with Crippen molar-refractivity contribution >= 4 is 11.8 Å². The molecule has 30 atom stereocenters. The number of rotatable bonds is 18. The standard InChI is InChI=1S/C40H68N2O31/c1-9(48)41-17-23(54)31(14(6-46)64-35(17)62)70-36-18(42-10(2)49)24(55)32(15(7-47)68-36)71-39-30(61)33(22(53)16(69-39)8-63-37-28(59)25(56)19(50)11(3-43)65-37)72-40-34(27(58)21(52)13(5-45)67-40)73-38-29(60)26(57)20(51)12(4-44)66-38/h11-40,43-47,50-62H,3-8H2,1-2H3,(H,41,48)(H,42,49)/t11-,12-,13-,14-,15-,16-,17-,18-,19-,20-,21-,22-,23-,24-,25+,26+,27+,28+,29+,30+,31-,32-,33+,34+,35-,36+,37-,38-,39+,40-/m1/s1. The van der Waals surface area contributed by atoms with Crippen LogP contribution >= 0.6 is 0 Å². The normalized spacial score (nSPS) is 49.8. The molecule has 0 unspecified atom stereocenters. The summed E-state index contributed by atoms with van der Waals surface area (Å²) in [7, 11) is 0. The Hall–Kier alpha value is -2.22. The van der Waals surface area contributed by atoms with Crippen molar-refractivity contribution in [2.45, 2.75) is 198 Å². The summed E-state index contributed by atoms with van der Waals surface area (Å²) in [4.78, 5) is 24.5. The molecule has 0 aromatic heterocycles. The summed E-state index contributed by atoms with van der Waals surface area (Å²) >= 11 is 0. The zero-order chi connectivity index (χ0) is 53.9. The first-order valence-corrected chi connectivity index (χ1v) is 23.1. The van der Waals surface area contributed by atoms with E-state index in [4.69, 9.17) is 52.1 Å². The molecule has 6 saturated heterocycles. The lowest BCUT2D eigenvalue weighted by atomic mass is 9.94. The minimum Gasteiger partial charge on any atom is -0.394 e. The molecule has 0 bridgehead atoms. The van der Waals surface area contributed by atoms with Gasteiger partial charge >= 0.3 is 0 Å². The van der Waals surface area contributed by atoms with Crippen LogP contribution in [0.5, 0.6) is 0 Å². The monoisotopic (exact) mass is 1070 g/mol. The van der Waals surface area contributed by atoms with Crippen LogP contribution in [0.2, 0.25) is 0 Å². The largest absolute Gasteiger partial charge is 0.394 e. The van der Waals surface area contributed by atoms with Gasteiger partial charge in [0.1, 0.15) is 146 Å². The summed E-state index contributed by atoms with van der Waals surface area (Å²) < 4.78 is 62.9. The number of ether oxygens (including phenoxy) is 11. The fraction of sp³-hybridized carbons (Fsp3) is 0.950. The summed E-state index contributed by atoms with van der Waals surface area (Å²) in [6.45, 7) is -3.66. The van der Waals surface area contributed by atoms with Gasteiger partial charge in [-0.1, -0.05) is 0 Å². The van der Waals surface area contributed by atoms with E-state index >= 15 is 0 Å². The molecule has 6 heterocycles. The van der Waals surface area contributed by atoms with E-state index in [2.05, 4.69) is 10.6 Å². The number of aliphatic hydroxyl groups is 18. The highest BCUT2D eigenvalue weighted by Crippen LogP contribution is 2.37. The summed E-state index contributed by atoms with van der Waals surface area (Å²) in [5.41, 5.74) is 0. The molecule has 0 aromatic carbocycles. The van der Waals surface area contributed by atoms with Crippen molar-refractivity contribution < 1.29 is 154 Å². The SMILES string of the molecule is CC(=O)N[C@@H]1[C@@H](O)[C@H](O[C@@H]2O[C@H](CO)[C@@H](O[C@@H]3O[C@H](CO[C@@H]4O[C@H](CO)[C@@H](O)[C@H](O)[C@@H]4O)[C@@H](O)[C@H](O[C@H]4O[C@H](CO)[C@@H](O)[C@H](O)[C@@H]4O[C@H]4O[C@H](CO)[C@@H](O)[C@H](O)[C@@H]4O)[C@@H]3O)[C@H](O)[C@H]2NC(C)=O)[C@@H](CO)O[C@H]1O. The Morgan fingerprint density at radius 2 is 0.740 bits per heavy atom. The highest BCUT2D eigenvalue weighted by atomic mass is 16.8. The molecule has 6 fully saturated rings. The molecule has 73 heavy (non-hydrogen) atoms. The average Bonchev–Trinajstić information content (AvgIpc) is 3.35. The zero-order valence-corrected chi connectivity index (χ0v) is 38.9. The molecule has 33 heteroatoms. The predicted octanol–water partition coefficient (Wildman–Crippen LogP) is -13.8. The summed E-state index contributed by atoms with van der Waals surface area (Å²) in [6.07, 6.45) is -54.2. The average molecular weight is 1070 g/mol. The van der Waals surface area contributed by atoms with Crippen molar-refractivity contribution in [3.63, 3.8) is 0 Å². The minimum atomic E-state index is -2.33. The van der Waals surface area contributed by atoms with Crippen LogP contribution in [0, 0.1) is 0 Å². The molecule has 33 nitrogen and oxygen atoms in total. The second kappa shape index (κ2) is 26.0. The Balaban J connectivity index is 1.31. The van der Waals surface area contributed by atoms with Gasteiger partial charge in [0.05, 0.1) is 39.6 Å². The number of hydrogen-bond donors (Lipinski definition) is 20. The van der Waals surface area contributed by atoms with E-state index in [1.165, 1.54) is 0 Å². The van der Waals surface area contributed by atoms with E-state index < -0.39 is 236 Å². The van der Waals surface area contributed by atoms with Gasteiger partial charge in [-0.25, -0.2) is 0 Å². The van der Waals surface area contributed by atoms with Crippen molar-refractivity contribution in [1.82, 2.24) is 10.6 Å². The Morgan fingerprint density at radius 1 is 0.356 bits per heavy atom. The van der Waals surface area contributed by atoms with Gasteiger partial charge in [0.2, 0.25) is 11.8 Å². The topological polar surface area (TPSA) is 524 Å². The Bertz CT molecular complexity index is 1750. The van der Waals surface area contributed by atoms with Crippen LogP contribution < -0.4 is 10.6 Å². The van der Waals surface area contributed by atoms with Gasteiger partial charge in [0.25, 0.3) is 0 Å². The van der Waals surface area contributed by atoms with Crippen LogP contribution in [0.3, 0.4) is 0 Å².